The number of amides is 2. The summed E-state index contributed by atoms with van der Waals surface area (Å²) >= 11 is 4.90. The molecule has 6 heteroatoms. The van der Waals surface area contributed by atoms with Crippen LogP contribution in [0.3, 0.4) is 0 Å². The average molecular weight is 259 g/mol. The number of carbonyl (C=O) groups is 2. The maximum Gasteiger partial charge on any atom is 0.232 e. The summed E-state index contributed by atoms with van der Waals surface area (Å²) < 4.78 is 0. The molecule has 2 amide bonds. The average Bonchev–Trinajstić information content (AvgIpc) is 2.26. The number of primary amides is 1. The molecule has 0 aromatic rings. The van der Waals surface area contributed by atoms with Gasteiger partial charge in [-0.1, -0.05) is 19.1 Å². The Hall–Kier alpha value is -1.17. The van der Waals surface area contributed by atoms with Crippen molar-refractivity contribution in [3.8, 4) is 0 Å². The zero-order valence-electron chi connectivity index (χ0n) is 10.4. The van der Waals surface area contributed by atoms with Crippen LogP contribution < -0.4 is 16.8 Å². The summed E-state index contributed by atoms with van der Waals surface area (Å²) in [6.45, 7) is 4.10. The zero-order chi connectivity index (χ0) is 13.5. The van der Waals surface area contributed by atoms with E-state index in [0.717, 1.165) is 0 Å². The first kappa shape index (κ1) is 15.8. The molecule has 0 spiro atoms. The molecule has 0 aliphatic rings. The summed E-state index contributed by atoms with van der Waals surface area (Å²) in [5.74, 6) is -0.482. The van der Waals surface area contributed by atoms with E-state index >= 15 is 0 Å². The molecular weight excluding hydrogens is 238 g/mol. The Bertz CT molecular complexity index is 307. The van der Waals surface area contributed by atoms with Gasteiger partial charge in [0, 0.05) is 13.0 Å². The molecule has 98 valence electrons. The molecular formula is C11H21N3O2S. The van der Waals surface area contributed by atoms with Crippen LogP contribution in [0.25, 0.3) is 0 Å². The van der Waals surface area contributed by atoms with Crippen molar-refractivity contribution in [1.29, 1.82) is 0 Å². The molecule has 0 radical (unpaired) electrons. The number of thiocarbonyl (C=S) groups is 1. The minimum absolute atomic E-state index is 0.161. The highest BCUT2D eigenvalue weighted by molar-refractivity contribution is 7.80. The highest BCUT2D eigenvalue weighted by Crippen LogP contribution is 2.21. The van der Waals surface area contributed by atoms with Crippen LogP contribution in [0, 0.1) is 5.41 Å². The van der Waals surface area contributed by atoms with Gasteiger partial charge in [-0.25, -0.2) is 0 Å². The Labute approximate surface area is 107 Å². The highest BCUT2D eigenvalue weighted by atomic mass is 32.1. The van der Waals surface area contributed by atoms with Gasteiger partial charge < -0.3 is 16.8 Å². The monoisotopic (exact) mass is 259 g/mol. The van der Waals surface area contributed by atoms with Crippen molar-refractivity contribution in [1.82, 2.24) is 5.32 Å². The Morgan fingerprint density at radius 1 is 1.29 bits per heavy atom. The van der Waals surface area contributed by atoms with Crippen LogP contribution in [-0.4, -0.2) is 23.3 Å². The van der Waals surface area contributed by atoms with Crippen LogP contribution >= 0.6 is 12.2 Å². The van der Waals surface area contributed by atoms with Gasteiger partial charge in [0.25, 0.3) is 0 Å². The fourth-order valence-electron chi connectivity index (χ4n) is 1.27. The molecule has 17 heavy (non-hydrogen) atoms. The smallest absolute Gasteiger partial charge is 0.232 e. The van der Waals surface area contributed by atoms with Crippen LogP contribution in [0.5, 0.6) is 0 Å². The summed E-state index contributed by atoms with van der Waals surface area (Å²) in [4.78, 5) is 22.6. The number of rotatable bonds is 8. The predicted octanol–water partition coefficient (Wildman–Crippen LogP) is 0.461. The third-order valence-corrected chi connectivity index (χ3v) is 3.34. The second kappa shape index (κ2) is 7.21. The molecule has 1 atom stereocenters. The Morgan fingerprint density at radius 3 is 2.29 bits per heavy atom. The minimum Gasteiger partial charge on any atom is -0.392 e. The molecule has 1 unspecified atom stereocenters. The van der Waals surface area contributed by atoms with Gasteiger partial charge in [0.05, 0.1) is 10.4 Å². The predicted molar refractivity (Wildman–Crippen MR) is 71.2 cm³/mol. The van der Waals surface area contributed by atoms with Gasteiger partial charge in [-0.15, -0.1) is 0 Å². The zero-order valence-corrected chi connectivity index (χ0v) is 11.2. The molecule has 0 saturated heterocycles. The topological polar surface area (TPSA) is 98.2 Å². The second-order valence-corrected chi connectivity index (χ2v) is 4.67. The van der Waals surface area contributed by atoms with Crippen molar-refractivity contribution in [2.75, 3.05) is 6.54 Å². The number of nitrogens with one attached hydrogen (secondary N) is 1. The van der Waals surface area contributed by atoms with Crippen LogP contribution in [0.15, 0.2) is 0 Å². The number of nitrogens with two attached hydrogens (primary N) is 2. The number of unbranched alkanes of at least 4 members (excludes halogenated alkanes) is 1. The van der Waals surface area contributed by atoms with Gasteiger partial charge in [-0.3, -0.25) is 9.59 Å². The van der Waals surface area contributed by atoms with Gasteiger partial charge in [0.1, 0.15) is 0 Å². The van der Waals surface area contributed by atoms with E-state index in [1.165, 1.54) is 0 Å². The Kier molecular flexibility index (Phi) is 6.72. The lowest BCUT2D eigenvalue weighted by molar-refractivity contribution is -0.126. The normalized spacial score (nSPS) is 13.8. The fraction of sp³-hybridized carbons (Fsp3) is 0.727. The number of carbonyl (C=O) groups excluding carboxylic acids is 2. The van der Waals surface area contributed by atoms with Crippen molar-refractivity contribution in [3.63, 3.8) is 0 Å². The molecule has 0 saturated carbocycles. The number of hydrogen-bond acceptors (Lipinski definition) is 3. The minimum atomic E-state index is -0.793. The van der Waals surface area contributed by atoms with Gasteiger partial charge in [0.2, 0.25) is 11.8 Å². The molecule has 0 aromatic carbocycles. The van der Waals surface area contributed by atoms with E-state index in [-0.39, 0.29) is 16.8 Å². The molecule has 0 heterocycles. The Balaban J connectivity index is 4.01. The lowest BCUT2D eigenvalue weighted by atomic mass is 9.86. The van der Waals surface area contributed by atoms with E-state index < -0.39 is 5.41 Å². The first-order valence-electron chi connectivity index (χ1n) is 5.71. The summed E-state index contributed by atoms with van der Waals surface area (Å²) in [5.41, 5.74) is 9.77. The van der Waals surface area contributed by atoms with E-state index in [4.69, 9.17) is 23.7 Å². The summed E-state index contributed by atoms with van der Waals surface area (Å²) in [6.07, 6.45) is 2.29. The largest absolute Gasteiger partial charge is 0.392 e. The summed E-state index contributed by atoms with van der Waals surface area (Å²) in [6, 6.07) is 0. The van der Waals surface area contributed by atoms with Crippen molar-refractivity contribution >= 4 is 29.0 Å². The molecule has 5 nitrogen and oxygen atoms in total. The molecule has 0 bridgehead atoms. The van der Waals surface area contributed by atoms with Crippen LogP contribution in [0.1, 0.15) is 39.5 Å². The maximum atomic E-state index is 11.9. The molecule has 0 aromatic heterocycles. The van der Waals surface area contributed by atoms with E-state index in [0.29, 0.717) is 32.2 Å². The van der Waals surface area contributed by atoms with Crippen LogP contribution in [-0.2, 0) is 9.59 Å². The van der Waals surface area contributed by atoms with Crippen LogP contribution in [0.2, 0.25) is 0 Å². The SMILES string of the molecule is CCC(C)(C(=O)NCCCCC(N)=O)C(N)=S. The van der Waals surface area contributed by atoms with E-state index in [9.17, 15) is 9.59 Å². The maximum absolute atomic E-state index is 11.9. The molecule has 5 N–H and O–H groups in total. The third kappa shape index (κ3) is 5.12. The first-order valence-corrected chi connectivity index (χ1v) is 6.12. The molecule has 0 rings (SSSR count). The highest BCUT2D eigenvalue weighted by Gasteiger charge is 2.34. The quantitative estimate of drug-likeness (QED) is 0.435. The molecule has 0 aliphatic heterocycles. The molecule has 0 aliphatic carbocycles. The second-order valence-electron chi connectivity index (χ2n) is 4.23. The lowest BCUT2D eigenvalue weighted by Crippen LogP contribution is -2.46. The first-order chi connectivity index (χ1) is 7.84. The van der Waals surface area contributed by atoms with Gasteiger partial charge in [-0.05, 0) is 26.2 Å². The van der Waals surface area contributed by atoms with Crippen LogP contribution in [0.4, 0.5) is 0 Å². The van der Waals surface area contributed by atoms with E-state index in [1.807, 2.05) is 6.92 Å². The van der Waals surface area contributed by atoms with E-state index in [1.54, 1.807) is 6.92 Å². The van der Waals surface area contributed by atoms with Gasteiger partial charge in [0.15, 0.2) is 0 Å². The van der Waals surface area contributed by atoms with Gasteiger partial charge >= 0.3 is 0 Å². The van der Waals surface area contributed by atoms with Crippen molar-refractivity contribution < 1.29 is 9.59 Å². The molecule has 0 fully saturated rings. The van der Waals surface area contributed by atoms with Crippen molar-refractivity contribution in [2.45, 2.75) is 39.5 Å². The summed E-state index contributed by atoms with van der Waals surface area (Å²) in [5, 5.41) is 2.77. The number of hydrogen-bond donors (Lipinski definition) is 3. The summed E-state index contributed by atoms with van der Waals surface area (Å²) in [7, 11) is 0. The van der Waals surface area contributed by atoms with Crippen molar-refractivity contribution in [3.05, 3.63) is 0 Å². The van der Waals surface area contributed by atoms with Crippen molar-refractivity contribution in [2.24, 2.45) is 16.9 Å². The Morgan fingerprint density at radius 2 is 1.88 bits per heavy atom. The van der Waals surface area contributed by atoms with Gasteiger partial charge in [-0.2, -0.15) is 0 Å². The standard InChI is InChI=1S/C11H21N3O2S/c1-3-11(2,9(13)17)10(16)14-7-5-4-6-8(12)15/h3-7H2,1-2H3,(H2,12,15)(H2,13,17)(H,14,16). The fourth-order valence-corrected chi connectivity index (χ4v) is 1.50. The third-order valence-electron chi connectivity index (χ3n) is 2.89. The lowest BCUT2D eigenvalue weighted by Gasteiger charge is -2.25. The van der Waals surface area contributed by atoms with E-state index in [2.05, 4.69) is 5.32 Å².